The van der Waals surface area contributed by atoms with Crippen molar-refractivity contribution in [3.63, 3.8) is 0 Å². The van der Waals surface area contributed by atoms with Crippen LogP contribution in [0.15, 0.2) is 54.6 Å². The summed E-state index contributed by atoms with van der Waals surface area (Å²) in [6.07, 6.45) is 1.18. The van der Waals surface area contributed by atoms with E-state index in [0.717, 1.165) is 12.2 Å². The maximum Gasteiger partial charge on any atom is 0.128 e. The van der Waals surface area contributed by atoms with Gasteiger partial charge in [-0.1, -0.05) is 48.5 Å². The molecule has 74 valence electrons. The van der Waals surface area contributed by atoms with Crippen LogP contribution < -0.4 is 4.74 Å². The lowest BCUT2D eigenvalue weighted by atomic mass is 10.0. The van der Waals surface area contributed by atoms with E-state index in [1.54, 1.807) is 0 Å². The van der Waals surface area contributed by atoms with Gasteiger partial charge in [0, 0.05) is 6.42 Å². The molecule has 1 aliphatic heterocycles. The van der Waals surface area contributed by atoms with Crippen molar-refractivity contribution in [3.05, 3.63) is 65.7 Å². The molecule has 0 spiro atoms. The zero-order chi connectivity index (χ0) is 10.1. The van der Waals surface area contributed by atoms with Crippen molar-refractivity contribution in [2.45, 2.75) is 12.5 Å². The Balaban J connectivity index is 1.91. The second-order valence-corrected chi connectivity index (χ2v) is 3.83. The SMILES string of the molecule is c1ccc([C@H]2Cc3ccccc3O2)cc1. The molecule has 1 atom stereocenters. The molecule has 0 aliphatic carbocycles. The first-order chi connectivity index (χ1) is 7.43. The van der Waals surface area contributed by atoms with Crippen LogP contribution in [0, 0.1) is 0 Å². The van der Waals surface area contributed by atoms with Crippen molar-refractivity contribution in [1.82, 2.24) is 0 Å². The summed E-state index contributed by atoms with van der Waals surface area (Å²) >= 11 is 0. The van der Waals surface area contributed by atoms with Crippen molar-refractivity contribution in [1.29, 1.82) is 0 Å². The van der Waals surface area contributed by atoms with Crippen LogP contribution in [0.2, 0.25) is 0 Å². The molecule has 0 aromatic heterocycles. The van der Waals surface area contributed by atoms with Crippen LogP contribution >= 0.6 is 0 Å². The normalized spacial score (nSPS) is 18.3. The minimum Gasteiger partial charge on any atom is -0.485 e. The van der Waals surface area contributed by atoms with Crippen molar-refractivity contribution in [3.8, 4) is 5.75 Å². The minimum atomic E-state index is 0.198. The molecule has 0 unspecified atom stereocenters. The molecule has 0 amide bonds. The van der Waals surface area contributed by atoms with Crippen molar-refractivity contribution in [2.75, 3.05) is 0 Å². The van der Waals surface area contributed by atoms with Gasteiger partial charge in [-0.3, -0.25) is 0 Å². The van der Waals surface area contributed by atoms with E-state index in [2.05, 4.69) is 36.4 Å². The molecule has 2 aromatic carbocycles. The molecule has 3 rings (SSSR count). The summed E-state index contributed by atoms with van der Waals surface area (Å²) < 4.78 is 5.89. The third-order valence-corrected chi connectivity index (χ3v) is 2.82. The number of para-hydroxylation sites is 1. The van der Waals surface area contributed by atoms with Crippen LogP contribution in [0.4, 0.5) is 0 Å². The second-order valence-electron chi connectivity index (χ2n) is 3.83. The molecule has 0 saturated carbocycles. The Bertz CT molecular complexity index is 437. The fourth-order valence-electron chi connectivity index (χ4n) is 2.04. The summed E-state index contributed by atoms with van der Waals surface area (Å²) in [7, 11) is 0. The van der Waals surface area contributed by atoms with Gasteiger partial charge in [-0.25, -0.2) is 0 Å². The molecule has 0 fully saturated rings. The first-order valence-electron chi connectivity index (χ1n) is 5.23. The monoisotopic (exact) mass is 196 g/mol. The number of benzene rings is 2. The van der Waals surface area contributed by atoms with Crippen molar-refractivity contribution in [2.24, 2.45) is 0 Å². The van der Waals surface area contributed by atoms with Crippen LogP contribution in [0.3, 0.4) is 0 Å². The van der Waals surface area contributed by atoms with Gasteiger partial charge in [0.05, 0.1) is 0 Å². The van der Waals surface area contributed by atoms with E-state index in [9.17, 15) is 0 Å². The minimum absolute atomic E-state index is 0.198. The van der Waals surface area contributed by atoms with Gasteiger partial charge in [-0.2, -0.15) is 0 Å². The highest BCUT2D eigenvalue weighted by Gasteiger charge is 2.23. The number of fused-ring (bicyclic) bond motifs is 1. The molecular formula is C14H12O. The molecular weight excluding hydrogens is 184 g/mol. The molecule has 15 heavy (non-hydrogen) atoms. The predicted molar refractivity (Wildman–Crippen MR) is 60.0 cm³/mol. The zero-order valence-corrected chi connectivity index (χ0v) is 8.39. The standard InChI is InChI=1S/C14H12O/c1-2-6-11(7-3-1)14-10-12-8-4-5-9-13(12)15-14/h1-9,14H,10H2/t14-/m1/s1. The Hall–Kier alpha value is -1.76. The van der Waals surface area contributed by atoms with Gasteiger partial charge in [0.1, 0.15) is 11.9 Å². The van der Waals surface area contributed by atoms with E-state index in [-0.39, 0.29) is 6.10 Å². The Morgan fingerprint density at radius 2 is 1.60 bits per heavy atom. The Morgan fingerprint density at radius 1 is 0.867 bits per heavy atom. The summed E-state index contributed by atoms with van der Waals surface area (Å²) in [5, 5.41) is 0. The maximum absolute atomic E-state index is 5.89. The van der Waals surface area contributed by atoms with Crippen LogP contribution in [-0.2, 0) is 6.42 Å². The van der Waals surface area contributed by atoms with Gasteiger partial charge in [0.15, 0.2) is 0 Å². The largest absolute Gasteiger partial charge is 0.485 e. The van der Waals surface area contributed by atoms with E-state index in [4.69, 9.17) is 4.74 Å². The van der Waals surface area contributed by atoms with Gasteiger partial charge >= 0.3 is 0 Å². The number of rotatable bonds is 1. The zero-order valence-electron chi connectivity index (χ0n) is 8.39. The summed E-state index contributed by atoms with van der Waals surface area (Å²) in [5.41, 5.74) is 2.57. The predicted octanol–water partition coefficient (Wildman–Crippen LogP) is 3.36. The highest BCUT2D eigenvalue weighted by atomic mass is 16.5. The van der Waals surface area contributed by atoms with Gasteiger partial charge in [0.2, 0.25) is 0 Å². The number of hydrogen-bond donors (Lipinski definition) is 0. The lowest BCUT2D eigenvalue weighted by Crippen LogP contribution is -2.02. The van der Waals surface area contributed by atoms with Crippen LogP contribution in [0.1, 0.15) is 17.2 Å². The highest BCUT2D eigenvalue weighted by Crippen LogP contribution is 2.35. The molecule has 0 radical (unpaired) electrons. The summed E-state index contributed by atoms with van der Waals surface area (Å²) in [6.45, 7) is 0. The summed E-state index contributed by atoms with van der Waals surface area (Å²) in [5.74, 6) is 1.03. The Kier molecular flexibility index (Phi) is 1.95. The first-order valence-corrected chi connectivity index (χ1v) is 5.23. The number of ether oxygens (including phenoxy) is 1. The number of hydrogen-bond acceptors (Lipinski definition) is 1. The third-order valence-electron chi connectivity index (χ3n) is 2.82. The molecule has 1 heteroatoms. The van der Waals surface area contributed by atoms with Gasteiger partial charge in [-0.05, 0) is 17.2 Å². The summed E-state index contributed by atoms with van der Waals surface area (Å²) in [4.78, 5) is 0. The lowest BCUT2D eigenvalue weighted by molar-refractivity contribution is 0.238. The molecule has 0 saturated heterocycles. The van der Waals surface area contributed by atoms with E-state index >= 15 is 0 Å². The van der Waals surface area contributed by atoms with Crippen molar-refractivity contribution < 1.29 is 4.74 Å². The second kappa shape index (κ2) is 3.43. The molecule has 1 heterocycles. The first kappa shape index (κ1) is 8.54. The topological polar surface area (TPSA) is 9.23 Å². The quantitative estimate of drug-likeness (QED) is 0.679. The van der Waals surface area contributed by atoms with Gasteiger partial charge in [0.25, 0.3) is 0 Å². The average molecular weight is 196 g/mol. The van der Waals surface area contributed by atoms with Crippen LogP contribution in [0.5, 0.6) is 5.75 Å². The fraction of sp³-hybridized carbons (Fsp3) is 0.143. The Labute approximate surface area is 89.3 Å². The molecule has 1 aliphatic rings. The lowest BCUT2D eigenvalue weighted by Gasteiger charge is -2.10. The van der Waals surface area contributed by atoms with Crippen LogP contribution in [0.25, 0.3) is 0 Å². The van der Waals surface area contributed by atoms with Crippen LogP contribution in [-0.4, -0.2) is 0 Å². The maximum atomic E-state index is 5.89. The van der Waals surface area contributed by atoms with E-state index in [0.29, 0.717) is 0 Å². The smallest absolute Gasteiger partial charge is 0.128 e. The van der Waals surface area contributed by atoms with Gasteiger partial charge in [-0.15, -0.1) is 0 Å². The molecule has 0 N–H and O–H groups in total. The highest BCUT2D eigenvalue weighted by molar-refractivity contribution is 5.39. The van der Waals surface area contributed by atoms with Crippen molar-refractivity contribution >= 4 is 0 Å². The molecule has 1 nitrogen and oxygen atoms in total. The third kappa shape index (κ3) is 1.50. The Morgan fingerprint density at radius 3 is 2.40 bits per heavy atom. The molecule has 0 bridgehead atoms. The molecule has 2 aromatic rings. The van der Waals surface area contributed by atoms with Gasteiger partial charge < -0.3 is 4.74 Å². The summed E-state index contributed by atoms with van der Waals surface area (Å²) in [6, 6.07) is 18.7. The van der Waals surface area contributed by atoms with E-state index in [1.807, 2.05) is 18.2 Å². The van der Waals surface area contributed by atoms with E-state index in [1.165, 1.54) is 11.1 Å². The average Bonchev–Trinajstić information content (AvgIpc) is 2.74. The van der Waals surface area contributed by atoms with E-state index < -0.39 is 0 Å². The fourth-order valence-corrected chi connectivity index (χ4v) is 2.04.